The molecule has 1 aromatic carbocycles. The second-order valence-electron chi connectivity index (χ2n) is 2.20. The van der Waals surface area contributed by atoms with Crippen LogP contribution in [-0.4, -0.2) is 16.6 Å². The van der Waals surface area contributed by atoms with E-state index in [-0.39, 0.29) is 4.90 Å². The van der Waals surface area contributed by atoms with Gasteiger partial charge in [-0.3, -0.25) is 0 Å². The first-order chi connectivity index (χ1) is 6.11. The van der Waals surface area contributed by atoms with Gasteiger partial charge in [0, 0.05) is 4.90 Å². The molecule has 0 amide bonds. The molecule has 0 aromatic heterocycles. The molecular weight excluding hydrogens is 198 g/mol. The van der Waals surface area contributed by atoms with E-state index in [2.05, 4.69) is 0 Å². The molecule has 1 rings (SSSR count). The van der Waals surface area contributed by atoms with Gasteiger partial charge in [-0.05, 0) is 12.1 Å². The first-order valence-corrected chi connectivity index (χ1v) is 4.27. The Bertz CT molecular complexity index is 317. The van der Waals surface area contributed by atoms with Crippen molar-refractivity contribution < 1.29 is 18.7 Å². The molecular formula is C8H6F2O2S. The highest BCUT2D eigenvalue weighted by molar-refractivity contribution is 8.00. The molecule has 1 unspecified atom stereocenters. The van der Waals surface area contributed by atoms with Crippen LogP contribution in [0.5, 0.6) is 0 Å². The van der Waals surface area contributed by atoms with Crippen LogP contribution in [0.4, 0.5) is 8.78 Å². The number of carboxylic acid groups (broad SMARTS) is 1. The van der Waals surface area contributed by atoms with Crippen LogP contribution in [0.3, 0.4) is 0 Å². The van der Waals surface area contributed by atoms with E-state index in [4.69, 9.17) is 5.11 Å². The van der Waals surface area contributed by atoms with Crippen LogP contribution in [0.1, 0.15) is 0 Å². The average Bonchev–Trinajstić information content (AvgIpc) is 2.08. The molecule has 1 N–H and O–H groups in total. The minimum Gasteiger partial charge on any atom is -0.478 e. The first-order valence-electron chi connectivity index (χ1n) is 3.39. The molecule has 1 atom stereocenters. The SMILES string of the molecule is O=C(O)C(F)Sc1ccccc1F. The Morgan fingerprint density at radius 1 is 1.46 bits per heavy atom. The number of alkyl halides is 1. The third-order valence-corrected chi connectivity index (χ3v) is 2.25. The number of carboxylic acids is 1. The van der Waals surface area contributed by atoms with Crippen molar-refractivity contribution in [3.63, 3.8) is 0 Å². The quantitative estimate of drug-likeness (QED) is 0.767. The van der Waals surface area contributed by atoms with Gasteiger partial charge in [-0.2, -0.15) is 0 Å². The van der Waals surface area contributed by atoms with Crippen LogP contribution in [0.2, 0.25) is 0 Å². The number of hydrogen-bond donors (Lipinski definition) is 1. The Labute approximate surface area is 77.6 Å². The molecule has 0 aliphatic carbocycles. The lowest BCUT2D eigenvalue weighted by molar-refractivity contribution is -0.139. The van der Waals surface area contributed by atoms with Gasteiger partial charge in [0.2, 0.25) is 5.50 Å². The van der Waals surface area contributed by atoms with E-state index in [1.807, 2.05) is 0 Å². The van der Waals surface area contributed by atoms with Gasteiger partial charge in [0.1, 0.15) is 5.82 Å². The number of halogens is 2. The van der Waals surface area contributed by atoms with E-state index < -0.39 is 17.3 Å². The standard InChI is InChI=1S/C8H6F2O2S/c9-5-3-1-2-4-6(5)13-7(10)8(11)12/h1-4,7H,(H,11,12). The van der Waals surface area contributed by atoms with Crippen LogP contribution in [0.25, 0.3) is 0 Å². The van der Waals surface area contributed by atoms with Crippen LogP contribution < -0.4 is 0 Å². The molecule has 1 aromatic rings. The molecule has 5 heteroatoms. The molecule has 2 nitrogen and oxygen atoms in total. The van der Waals surface area contributed by atoms with Crippen molar-refractivity contribution in [2.75, 3.05) is 0 Å². The normalized spacial score (nSPS) is 12.5. The largest absolute Gasteiger partial charge is 0.478 e. The molecule has 0 bridgehead atoms. The minimum absolute atomic E-state index is 0.00241. The smallest absolute Gasteiger partial charge is 0.349 e. The van der Waals surface area contributed by atoms with Crippen molar-refractivity contribution in [2.24, 2.45) is 0 Å². The third-order valence-electron chi connectivity index (χ3n) is 1.26. The second-order valence-corrected chi connectivity index (χ2v) is 3.29. The highest BCUT2D eigenvalue weighted by Gasteiger charge is 2.18. The Morgan fingerprint density at radius 3 is 2.62 bits per heavy atom. The molecule has 13 heavy (non-hydrogen) atoms. The zero-order chi connectivity index (χ0) is 9.84. The first kappa shape index (κ1) is 9.98. The van der Waals surface area contributed by atoms with Crippen LogP contribution in [0, 0.1) is 5.82 Å². The van der Waals surface area contributed by atoms with E-state index in [0.717, 1.165) is 6.07 Å². The summed E-state index contributed by atoms with van der Waals surface area (Å²) in [5.74, 6) is -2.22. The minimum atomic E-state index is -2.13. The number of rotatable bonds is 3. The van der Waals surface area contributed by atoms with Crippen molar-refractivity contribution >= 4 is 17.7 Å². The summed E-state index contributed by atoms with van der Waals surface area (Å²) in [4.78, 5) is 10.1. The zero-order valence-corrected chi connectivity index (χ0v) is 7.22. The molecule has 0 aliphatic heterocycles. The van der Waals surface area contributed by atoms with E-state index in [1.54, 1.807) is 0 Å². The van der Waals surface area contributed by atoms with Gasteiger partial charge in [-0.1, -0.05) is 23.9 Å². The van der Waals surface area contributed by atoms with Crippen molar-refractivity contribution in [1.29, 1.82) is 0 Å². The maximum absolute atomic E-state index is 12.8. The van der Waals surface area contributed by atoms with Gasteiger partial charge < -0.3 is 5.11 Å². The third kappa shape index (κ3) is 2.69. The topological polar surface area (TPSA) is 37.3 Å². The summed E-state index contributed by atoms with van der Waals surface area (Å²) in [5.41, 5.74) is -2.13. The van der Waals surface area contributed by atoms with Gasteiger partial charge in [0.25, 0.3) is 0 Å². The van der Waals surface area contributed by atoms with Crippen molar-refractivity contribution in [2.45, 2.75) is 10.4 Å². The van der Waals surface area contributed by atoms with Crippen LogP contribution >= 0.6 is 11.8 Å². The number of carbonyl (C=O) groups is 1. The fraction of sp³-hybridized carbons (Fsp3) is 0.125. The maximum atomic E-state index is 12.8. The van der Waals surface area contributed by atoms with E-state index in [0.29, 0.717) is 11.8 Å². The lowest BCUT2D eigenvalue weighted by atomic mass is 10.3. The Balaban J connectivity index is 2.74. The molecule has 0 aliphatic rings. The highest BCUT2D eigenvalue weighted by atomic mass is 32.2. The summed E-state index contributed by atoms with van der Waals surface area (Å²) in [6.45, 7) is 0. The number of benzene rings is 1. The predicted octanol–water partition coefficient (Wildman–Crippen LogP) is 2.30. The lowest BCUT2D eigenvalue weighted by Crippen LogP contribution is -2.09. The molecule has 0 spiro atoms. The fourth-order valence-corrected chi connectivity index (χ4v) is 1.36. The fourth-order valence-electron chi connectivity index (χ4n) is 0.702. The summed E-state index contributed by atoms with van der Waals surface area (Å²) < 4.78 is 25.4. The van der Waals surface area contributed by atoms with Crippen LogP contribution in [-0.2, 0) is 4.79 Å². The molecule has 0 fully saturated rings. The Morgan fingerprint density at radius 2 is 2.08 bits per heavy atom. The molecule has 0 saturated carbocycles. The molecule has 0 radical (unpaired) electrons. The van der Waals surface area contributed by atoms with Gasteiger partial charge in [-0.15, -0.1) is 0 Å². The zero-order valence-electron chi connectivity index (χ0n) is 6.41. The van der Waals surface area contributed by atoms with Gasteiger partial charge in [-0.25, -0.2) is 13.6 Å². The van der Waals surface area contributed by atoms with Gasteiger partial charge in [0.05, 0.1) is 0 Å². The predicted molar refractivity (Wildman–Crippen MR) is 44.8 cm³/mol. The summed E-state index contributed by atoms with van der Waals surface area (Å²) >= 11 is 0.337. The highest BCUT2D eigenvalue weighted by Crippen LogP contribution is 2.26. The van der Waals surface area contributed by atoms with Crippen LogP contribution in [0.15, 0.2) is 29.2 Å². The van der Waals surface area contributed by atoms with E-state index >= 15 is 0 Å². The summed E-state index contributed by atoms with van der Waals surface area (Å²) in [7, 11) is 0. The van der Waals surface area contributed by atoms with E-state index in [1.165, 1.54) is 18.2 Å². The lowest BCUT2D eigenvalue weighted by Gasteiger charge is -2.03. The monoisotopic (exact) mass is 204 g/mol. The van der Waals surface area contributed by atoms with Crippen molar-refractivity contribution in [3.8, 4) is 0 Å². The van der Waals surface area contributed by atoms with Gasteiger partial charge in [0.15, 0.2) is 0 Å². The Hall–Kier alpha value is -1.10. The number of hydrogen-bond acceptors (Lipinski definition) is 2. The summed E-state index contributed by atoms with van der Waals surface area (Å²) in [5, 5.41) is 8.22. The number of aliphatic carboxylic acids is 1. The van der Waals surface area contributed by atoms with Gasteiger partial charge >= 0.3 is 5.97 Å². The molecule has 70 valence electrons. The second kappa shape index (κ2) is 4.23. The number of thioether (sulfide) groups is 1. The van der Waals surface area contributed by atoms with Crippen molar-refractivity contribution in [3.05, 3.63) is 30.1 Å². The van der Waals surface area contributed by atoms with E-state index in [9.17, 15) is 13.6 Å². The maximum Gasteiger partial charge on any atom is 0.349 e. The average molecular weight is 204 g/mol. The Kier molecular flexibility index (Phi) is 3.25. The van der Waals surface area contributed by atoms with Crippen molar-refractivity contribution in [1.82, 2.24) is 0 Å². The summed E-state index contributed by atoms with van der Waals surface area (Å²) in [6, 6.07) is 5.44. The summed E-state index contributed by atoms with van der Waals surface area (Å²) in [6.07, 6.45) is 0. The molecule has 0 heterocycles. The molecule has 0 saturated heterocycles.